The Balaban J connectivity index is 4.76. The number of hydrogen-bond donors (Lipinski definition) is 0. The third-order valence-corrected chi connectivity index (χ3v) is 2.86. The van der Waals surface area contributed by atoms with E-state index in [0.29, 0.717) is 24.0 Å². The van der Waals surface area contributed by atoms with Crippen molar-refractivity contribution in [2.75, 3.05) is 14.2 Å². The number of methoxy groups -OCH3 is 2. The number of hydrogen-bond acceptors (Lipinski definition) is 4. The van der Waals surface area contributed by atoms with Gasteiger partial charge in [0.25, 0.3) is 0 Å². The van der Waals surface area contributed by atoms with Crippen LogP contribution in [0.15, 0.2) is 11.1 Å². The molecule has 0 N–H and O–H groups in total. The van der Waals surface area contributed by atoms with E-state index in [1.807, 2.05) is 13.8 Å². The van der Waals surface area contributed by atoms with Crippen LogP contribution in [-0.4, -0.2) is 26.2 Å². The summed E-state index contributed by atoms with van der Waals surface area (Å²) in [6.45, 7) is 3.83. The maximum Gasteiger partial charge on any atom is 0.334 e. The van der Waals surface area contributed by atoms with Gasteiger partial charge in [0.1, 0.15) is 0 Å². The Hall–Kier alpha value is -1.76. The predicted molar refractivity (Wildman–Crippen MR) is 77.9 cm³/mol. The van der Waals surface area contributed by atoms with Gasteiger partial charge in [-0.3, -0.25) is 0 Å². The summed E-state index contributed by atoms with van der Waals surface area (Å²) < 4.78 is 9.46. The van der Waals surface area contributed by atoms with Crippen LogP contribution >= 0.6 is 0 Å². The average Bonchev–Trinajstić information content (AvgIpc) is 2.48. The number of esters is 2. The van der Waals surface area contributed by atoms with Crippen molar-refractivity contribution < 1.29 is 19.1 Å². The molecule has 0 bridgehead atoms. The van der Waals surface area contributed by atoms with E-state index in [2.05, 4.69) is 11.8 Å². The fraction of sp³-hybridized carbons (Fsp3) is 0.625. The highest BCUT2D eigenvalue weighted by molar-refractivity contribution is 6.00. The standard InChI is InChI=1S/C16H24O4/c1-5-7-8-9-10-11-12-14(16(18)20-4)13(6-2)15(17)19-3/h5-6,9-12H2,1-4H3/b14-13-. The van der Waals surface area contributed by atoms with Crippen molar-refractivity contribution in [1.82, 2.24) is 0 Å². The minimum atomic E-state index is -0.460. The molecule has 0 saturated carbocycles. The third-order valence-electron chi connectivity index (χ3n) is 2.86. The molecule has 112 valence electrons. The summed E-state index contributed by atoms with van der Waals surface area (Å²) in [6.07, 6.45) is 4.32. The van der Waals surface area contributed by atoms with Crippen LogP contribution in [0.2, 0.25) is 0 Å². The Kier molecular flexibility index (Phi) is 10.1. The number of carbonyl (C=O) groups is 2. The molecule has 0 unspecified atom stereocenters. The van der Waals surface area contributed by atoms with Crippen molar-refractivity contribution in [1.29, 1.82) is 0 Å². The monoisotopic (exact) mass is 280 g/mol. The molecule has 0 spiro atoms. The highest BCUT2D eigenvalue weighted by Crippen LogP contribution is 2.19. The molecule has 0 aliphatic rings. The molecular weight excluding hydrogens is 256 g/mol. The van der Waals surface area contributed by atoms with Gasteiger partial charge >= 0.3 is 11.9 Å². The fourth-order valence-corrected chi connectivity index (χ4v) is 1.83. The maximum atomic E-state index is 11.8. The molecule has 0 heterocycles. The SMILES string of the molecule is CCC#CCCCC/C(C(=O)OC)=C(\CC)C(=O)OC. The summed E-state index contributed by atoms with van der Waals surface area (Å²) in [4.78, 5) is 23.5. The molecule has 0 rings (SSSR count). The Morgan fingerprint density at radius 3 is 2.00 bits per heavy atom. The second-order valence-corrected chi connectivity index (χ2v) is 4.21. The van der Waals surface area contributed by atoms with Crippen molar-refractivity contribution >= 4 is 11.9 Å². The van der Waals surface area contributed by atoms with E-state index in [9.17, 15) is 9.59 Å². The quantitative estimate of drug-likeness (QED) is 0.311. The first-order valence-electron chi connectivity index (χ1n) is 6.96. The van der Waals surface area contributed by atoms with Crippen LogP contribution < -0.4 is 0 Å². The van der Waals surface area contributed by atoms with Gasteiger partial charge in [0.2, 0.25) is 0 Å². The first-order valence-corrected chi connectivity index (χ1v) is 6.96. The van der Waals surface area contributed by atoms with Gasteiger partial charge in [-0.25, -0.2) is 9.59 Å². The average molecular weight is 280 g/mol. The molecule has 0 aromatic carbocycles. The first-order chi connectivity index (χ1) is 9.62. The highest BCUT2D eigenvalue weighted by atomic mass is 16.5. The summed E-state index contributed by atoms with van der Waals surface area (Å²) in [6, 6.07) is 0. The molecule has 0 fully saturated rings. The molecule has 0 saturated heterocycles. The summed E-state index contributed by atoms with van der Waals surface area (Å²) in [5.41, 5.74) is 0.823. The first kappa shape index (κ1) is 18.2. The molecule has 0 radical (unpaired) electrons. The van der Waals surface area contributed by atoms with E-state index in [1.54, 1.807) is 0 Å². The van der Waals surface area contributed by atoms with Crippen molar-refractivity contribution in [2.45, 2.75) is 52.4 Å². The van der Waals surface area contributed by atoms with Gasteiger partial charge in [0.15, 0.2) is 0 Å². The summed E-state index contributed by atoms with van der Waals surface area (Å²) in [5.74, 6) is 5.15. The zero-order valence-electron chi connectivity index (χ0n) is 12.9. The molecule has 0 amide bonds. The second kappa shape index (κ2) is 11.1. The minimum Gasteiger partial charge on any atom is -0.466 e. The highest BCUT2D eigenvalue weighted by Gasteiger charge is 2.20. The number of unbranched alkanes of at least 4 members (excludes halogenated alkanes) is 2. The lowest BCUT2D eigenvalue weighted by atomic mass is 9.99. The van der Waals surface area contributed by atoms with Crippen LogP contribution in [0.5, 0.6) is 0 Å². The van der Waals surface area contributed by atoms with E-state index in [-0.39, 0.29) is 0 Å². The summed E-state index contributed by atoms with van der Waals surface area (Å²) >= 11 is 0. The molecule has 4 nitrogen and oxygen atoms in total. The summed E-state index contributed by atoms with van der Waals surface area (Å²) in [5, 5.41) is 0. The fourth-order valence-electron chi connectivity index (χ4n) is 1.83. The van der Waals surface area contributed by atoms with Gasteiger partial charge in [-0.2, -0.15) is 0 Å². The van der Waals surface area contributed by atoms with Gasteiger partial charge in [-0.05, 0) is 25.7 Å². The van der Waals surface area contributed by atoms with Crippen molar-refractivity contribution in [2.24, 2.45) is 0 Å². The number of carbonyl (C=O) groups excluding carboxylic acids is 2. The van der Waals surface area contributed by atoms with Crippen LogP contribution in [0.25, 0.3) is 0 Å². The lowest BCUT2D eigenvalue weighted by molar-refractivity contribution is -0.139. The van der Waals surface area contributed by atoms with Gasteiger partial charge in [0.05, 0.1) is 14.2 Å². The summed E-state index contributed by atoms with van der Waals surface area (Å²) in [7, 11) is 2.63. The maximum absolute atomic E-state index is 11.8. The molecule has 0 aromatic heterocycles. The predicted octanol–water partition coefficient (Wildman–Crippen LogP) is 3.01. The molecule has 20 heavy (non-hydrogen) atoms. The largest absolute Gasteiger partial charge is 0.466 e. The Morgan fingerprint density at radius 1 is 0.900 bits per heavy atom. The van der Waals surface area contributed by atoms with Gasteiger partial charge in [0, 0.05) is 24.0 Å². The van der Waals surface area contributed by atoms with Crippen molar-refractivity contribution in [3.05, 3.63) is 11.1 Å². The normalized spacial score (nSPS) is 11.0. The Morgan fingerprint density at radius 2 is 1.50 bits per heavy atom. The Bertz CT molecular complexity index is 410. The minimum absolute atomic E-state index is 0.402. The molecule has 0 aliphatic carbocycles. The van der Waals surface area contributed by atoms with E-state index in [1.165, 1.54) is 14.2 Å². The molecule has 4 heteroatoms. The van der Waals surface area contributed by atoms with Gasteiger partial charge in [-0.15, -0.1) is 11.8 Å². The topological polar surface area (TPSA) is 52.6 Å². The van der Waals surface area contributed by atoms with Crippen molar-refractivity contribution in [3.63, 3.8) is 0 Å². The second-order valence-electron chi connectivity index (χ2n) is 4.21. The van der Waals surface area contributed by atoms with E-state index >= 15 is 0 Å². The third kappa shape index (κ3) is 6.42. The van der Waals surface area contributed by atoms with Gasteiger partial charge in [-0.1, -0.05) is 13.8 Å². The lowest BCUT2D eigenvalue weighted by Crippen LogP contribution is -2.14. The van der Waals surface area contributed by atoms with Crippen molar-refractivity contribution in [3.8, 4) is 11.8 Å². The van der Waals surface area contributed by atoms with Crippen LogP contribution in [0.3, 0.4) is 0 Å². The van der Waals surface area contributed by atoms with E-state index in [4.69, 9.17) is 9.47 Å². The van der Waals surface area contributed by atoms with Crippen LogP contribution in [-0.2, 0) is 19.1 Å². The molecule has 0 aromatic rings. The lowest BCUT2D eigenvalue weighted by Gasteiger charge is -2.10. The molecular formula is C16H24O4. The van der Waals surface area contributed by atoms with Crippen LogP contribution in [0.1, 0.15) is 52.4 Å². The Labute approximate surface area is 121 Å². The zero-order valence-corrected chi connectivity index (χ0v) is 12.9. The van der Waals surface area contributed by atoms with Crippen LogP contribution in [0, 0.1) is 11.8 Å². The molecule has 0 atom stereocenters. The van der Waals surface area contributed by atoms with E-state index in [0.717, 1.165) is 25.7 Å². The number of ether oxygens (including phenoxy) is 2. The molecule has 0 aliphatic heterocycles. The van der Waals surface area contributed by atoms with E-state index < -0.39 is 11.9 Å². The van der Waals surface area contributed by atoms with Gasteiger partial charge < -0.3 is 9.47 Å². The smallest absolute Gasteiger partial charge is 0.334 e. The number of rotatable bonds is 7. The van der Waals surface area contributed by atoms with Crippen LogP contribution in [0.4, 0.5) is 0 Å². The zero-order chi connectivity index (χ0) is 15.4.